The van der Waals surface area contributed by atoms with E-state index in [1.807, 2.05) is 6.92 Å². The molecular weight excluding hydrogens is 234 g/mol. The number of amides is 2. The lowest BCUT2D eigenvalue weighted by Crippen LogP contribution is -2.48. The van der Waals surface area contributed by atoms with E-state index in [1.54, 1.807) is 30.3 Å². The summed E-state index contributed by atoms with van der Waals surface area (Å²) < 4.78 is 10.2. The summed E-state index contributed by atoms with van der Waals surface area (Å²) >= 11 is 0. The molecule has 2 heterocycles. The minimum Gasteiger partial charge on any atom is -0.481 e. The molecule has 0 aliphatic carbocycles. The number of morpholine rings is 1. The molecule has 1 aromatic rings. The predicted molar refractivity (Wildman–Crippen MR) is 66.8 cm³/mol. The van der Waals surface area contributed by atoms with Gasteiger partial charge in [-0.05, 0) is 13.0 Å². The summed E-state index contributed by atoms with van der Waals surface area (Å²) in [6.45, 7) is 3.73. The number of nitrogens with one attached hydrogen (secondary N) is 1. The van der Waals surface area contributed by atoms with Crippen LogP contribution in [0.2, 0.25) is 0 Å². The van der Waals surface area contributed by atoms with Crippen LogP contribution in [0.25, 0.3) is 0 Å². The van der Waals surface area contributed by atoms with Crippen LogP contribution in [-0.4, -0.2) is 48.8 Å². The lowest BCUT2D eigenvalue weighted by Gasteiger charge is -2.33. The molecule has 98 valence electrons. The van der Waals surface area contributed by atoms with Crippen molar-refractivity contribution in [2.45, 2.75) is 13.0 Å². The number of hydrogen-bond acceptors (Lipinski definition) is 4. The van der Waals surface area contributed by atoms with E-state index in [1.165, 1.54) is 0 Å². The van der Waals surface area contributed by atoms with Crippen molar-refractivity contribution in [3.63, 3.8) is 0 Å². The molecule has 2 amide bonds. The monoisotopic (exact) mass is 251 g/mol. The van der Waals surface area contributed by atoms with Gasteiger partial charge in [0.15, 0.2) is 0 Å². The number of aromatic nitrogens is 1. The molecule has 1 saturated heterocycles. The summed E-state index contributed by atoms with van der Waals surface area (Å²) in [5, 5.41) is 2.81. The zero-order chi connectivity index (χ0) is 13.0. The molecule has 1 atom stereocenters. The molecule has 1 aliphatic rings. The Balaban J connectivity index is 1.97. The van der Waals surface area contributed by atoms with Gasteiger partial charge < -0.3 is 19.7 Å². The first kappa shape index (κ1) is 12.6. The first-order valence-electron chi connectivity index (χ1n) is 5.86. The molecule has 2 rings (SSSR count). The third-order valence-corrected chi connectivity index (χ3v) is 2.83. The van der Waals surface area contributed by atoms with Crippen molar-refractivity contribution in [3.8, 4) is 5.88 Å². The second-order valence-corrected chi connectivity index (χ2v) is 4.14. The van der Waals surface area contributed by atoms with Crippen molar-refractivity contribution >= 4 is 11.7 Å². The zero-order valence-electron chi connectivity index (χ0n) is 10.5. The Kier molecular flexibility index (Phi) is 3.99. The van der Waals surface area contributed by atoms with Crippen molar-refractivity contribution in [1.29, 1.82) is 0 Å². The van der Waals surface area contributed by atoms with Gasteiger partial charge in [0.05, 0.1) is 38.2 Å². The first-order chi connectivity index (χ1) is 8.70. The quantitative estimate of drug-likeness (QED) is 0.861. The third-order valence-electron chi connectivity index (χ3n) is 2.83. The molecule has 1 aliphatic heterocycles. The summed E-state index contributed by atoms with van der Waals surface area (Å²) in [6, 6.07) is 3.43. The van der Waals surface area contributed by atoms with Crippen LogP contribution >= 0.6 is 0 Å². The minimum atomic E-state index is -0.127. The van der Waals surface area contributed by atoms with Crippen molar-refractivity contribution in [2.24, 2.45) is 0 Å². The lowest BCUT2D eigenvalue weighted by atomic mass is 10.3. The maximum absolute atomic E-state index is 12.0. The molecular formula is C12H17N3O3. The van der Waals surface area contributed by atoms with Crippen LogP contribution < -0.4 is 10.1 Å². The average Bonchev–Trinajstić information content (AvgIpc) is 2.40. The van der Waals surface area contributed by atoms with Crippen LogP contribution in [-0.2, 0) is 4.74 Å². The smallest absolute Gasteiger partial charge is 0.322 e. The predicted octanol–water partition coefficient (Wildman–Crippen LogP) is 1.34. The molecule has 0 unspecified atom stereocenters. The second-order valence-electron chi connectivity index (χ2n) is 4.14. The summed E-state index contributed by atoms with van der Waals surface area (Å²) in [5.41, 5.74) is 0.652. The van der Waals surface area contributed by atoms with E-state index in [-0.39, 0.29) is 12.1 Å². The van der Waals surface area contributed by atoms with Crippen molar-refractivity contribution < 1.29 is 14.3 Å². The largest absolute Gasteiger partial charge is 0.481 e. The van der Waals surface area contributed by atoms with Crippen molar-refractivity contribution in [2.75, 3.05) is 32.2 Å². The van der Waals surface area contributed by atoms with E-state index in [0.717, 1.165) is 0 Å². The fourth-order valence-corrected chi connectivity index (χ4v) is 1.80. The molecule has 0 radical (unpaired) electrons. The number of rotatable bonds is 2. The van der Waals surface area contributed by atoms with E-state index < -0.39 is 0 Å². The molecule has 0 saturated carbocycles. The van der Waals surface area contributed by atoms with Gasteiger partial charge in [0.25, 0.3) is 0 Å². The molecule has 6 heteroatoms. The normalized spacial score (nSPS) is 19.4. The van der Waals surface area contributed by atoms with Crippen molar-refractivity contribution in [1.82, 2.24) is 9.88 Å². The van der Waals surface area contributed by atoms with Gasteiger partial charge in [-0.25, -0.2) is 9.78 Å². The van der Waals surface area contributed by atoms with E-state index >= 15 is 0 Å². The van der Waals surface area contributed by atoms with E-state index in [4.69, 9.17) is 9.47 Å². The molecule has 1 N–H and O–H groups in total. The number of carbonyl (C=O) groups excluding carboxylic acids is 1. The van der Waals surface area contributed by atoms with Gasteiger partial charge in [-0.1, -0.05) is 0 Å². The molecule has 18 heavy (non-hydrogen) atoms. The average molecular weight is 251 g/mol. The van der Waals surface area contributed by atoms with Gasteiger partial charge in [-0.15, -0.1) is 0 Å². The second kappa shape index (κ2) is 5.68. The highest BCUT2D eigenvalue weighted by molar-refractivity contribution is 5.89. The Bertz CT molecular complexity index is 408. The topological polar surface area (TPSA) is 63.7 Å². The fourth-order valence-electron chi connectivity index (χ4n) is 1.80. The van der Waals surface area contributed by atoms with Gasteiger partial charge in [0, 0.05) is 12.6 Å². The zero-order valence-corrected chi connectivity index (χ0v) is 10.5. The van der Waals surface area contributed by atoms with Crippen LogP contribution in [0, 0.1) is 0 Å². The van der Waals surface area contributed by atoms with Crippen molar-refractivity contribution in [3.05, 3.63) is 18.3 Å². The highest BCUT2D eigenvalue weighted by atomic mass is 16.5. The number of pyridine rings is 1. The maximum atomic E-state index is 12.0. The molecule has 0 aromatic carbocycles. The summed E-state index contributed by atoms with van der Waals surface area (Å²) in [7, 11) is 1.55. The molecule has 1 fully saturated rings. The lowest BCUT2D eigenvalue weighted by molar-refractivity contribution is 0.0221. The Labute approximate surface area is 106 Å². The Morgan fingerprint density at radius 2 is 2.44 bits per heavy atom. The van der Waals surface area contributed by atoms with Gasteiger partial charge in [0.2, 0.25) is 5.88 Å². The number of ether oxygens (including phenoxy) is 2. The van der Waals surface area contributed by atoms with E-state index in [2.05, 4.69) is 10.3 Å². The number of hydrogen-bond donors (Lipinski definition) is 1. The minimum absolute atomic E-state index is 0.0879. The number of carbonyl (C=O) groups is 1. The number of methoxy groups -OCH3 is 1. The third kappa shape index (κ3) is 2.89. The highest BCUT2D eigenvalue weighted by Gasteiger charge is 2.23. The van der Waals surface area contributed by atoms with Crippen LogP contribution in [0.4, 0.5) is 10.5 Å². The fraction of sp³-hybridized carbons (Fsp3) is 0.500. The van der Waals surface area contributed by atoms with Gasteiger partial charge in [0.1, 0.15) is 0 Å². The Morgan fingerprint density at radius 1 is 1.61 bits per heavy atom. The highest BCUT2D eigenvalue weighted by Crippen LogP contribution is 2.13. The number of anilines is 1. The Morgan fingerprint density at radius 3 is 3.06 bits per heavy atom. The first-order valence-corrected chi connectivity index (χ1v) is 5.86. The van der Waals surface area contributed by atoms with Gasteiger partial charge in [-0.3, -0.25) is 0 Å². The standard InChI is InChI=1S/C12H17N3O3/c1-9-8-18-6-5-15(9)12(16)14-10-3-4-11(17-2)13-7-10/h3-4,7,9H,5-6,8H2,1-2H3,(H,14,16)/t9-/m1/s1. The molecule has 6 nitrogen and oxygen atoms in total. The molecule has 0 bridgehead atoms. The SMILES string of the molecule is COc1ccc(NC(=O)N2CCOC[C@H]2C)cn1. The van der Waals surface area contributed by atoms with Crippen LogP contribution in [0.3, 0.4) is 0 Å². The number of nitrogens with zero attached hydrogens (tertiary/aromatic N) is 2. The number of urea groups is 1. The summed E-state index contributed by atoms with van der Waals surface area (Å²) in [6.07, 6.45) is 1.57. The van der Waals surface area contributed by atoms with Crippen LogP contribution in [0.15, 0.2) is 18.3 Å². The van der Waals surface area contributed by atoms with E-state index in [9.17, 15) is 4.79 Å². The van der Waals surface area contributed by atoms with Crippen LogP contribution in [0.1, 0.15) is 6.92 Å². The van der Waals surface area contributed by atoms with Crippen LogP contribution in [0.5, 0.6) is 5.88 Å². The summed E-state index contributed by atoms with van der Waals surface area (Å²) in [4.78, 5) is 17.8. The summed E-state index contributed by atoms with van der Waals surface area (Å²) in [5.74, 6) is 0.521. The van der Waals surface area contributed by atoms with Gasteiger partial charge >= 0.3 is 6.03 Å². The molecule has 0 spiro atoms. The Hall–Kier alpha value is -1.82. The van der Waals surface area contributed by atoms with E-state index in [0.29, 0.717) is 31.3 Å². The van der Waals surface area contributed by atoms with Gasteiger partial charge in [-0.2, -0.15) is 0 Å². The molecule has 1 aromatic heterocycles. The maximum Gasteiger partial charge on any atom is 0.322 e.